The lowest BCUT2D eigenvalue weighted by Gasteiger charge is -2.35. The molecule has 0 bridgehead atoms. The van der Waals surface area contributed by atoms with E-state index in [1.807, 2.05) is 30.3 Å². The van der Waals surface area contributed by atoms with E-state index in [4.69, 9.17) is 4.42 Å². The molecule has 21 heavy (non-hydrogen) atoms. The Bertz CT molecular complexity index is 540. The summed E-state index contributed by atoms with van der Waals surface area (Å²) < 4.78 is 5.74. The van der Waals surface area contributed by atoms with Gasteiger partial charge in [-0.25, -0.2) is 0 Å². The standard InChI is InChI=1S/C17H24N2O2/c1-2-7-18-8-10-19(11-9-18)13-15(20)17-12-14-5-3-4-6-16(14)21-17/h3-6,12,15,20H,2,7-11,13H2,1H3. The Kier molecular flexibility index (Phi) is 4.58. The van der Waals surface area contributed by atoms with Crippen LogP contribution in [0.4, 0.5) is 0 Å². The normalized spacial score (nSPS) is 19.1. The third kappa shape index (κ3) is 3.46. The van der Waals surface area contributed by atoms with Crippen LogP contribution in [0.5, 0.6) is 0 Å². The topological polar surface area (TPSA) is 39.9 Å². The number of furan rings is 1. The minimum atomic E-state index is -0.546. The molecule has 0 radical (unpaired) electrons. The summed E-state index contributed by atoms with van der Waals surface area (Å²) >= 11 is 0. The highest BCUT2D eigenvalue weighted by Gasteiger charge is 2.21. The van der Waals surface area contributed by atoms with E-state index >= 15 is 0 Å². The Morgan fingerprint density at radius 2 is 1.86 bits per heavy atom. The van der Waals surface area contributed by atoms with E-state index in [-0.39, 0.29) is 0 Å². The van der Waals surface area contributed by atoms with E-state index in [1.54, 1.807) is 0 Å². The van der Waals surface area contributed by atoms with Gasteiger partial charge in [-0.3, -0.25) is 4.90 Å². The summed E-state index contributed by atoms with van der Waals surface area (Å²) in [5, 5.41) is 11.4. The second-order valence-corrected chi connectivity index (χ2v) is 5.84. The molecule has 1 aromatic heterocycles. The van der Waals surface area contributed by atoms with Gasteiger partial charge in [-0.05, 0) is 25.1 Å². The number of nitrogens with zero attached hydrogens (tertiary/aromatic N) is 2. The molecule has 114 valence electrons. The van der Waals surface area contributed by atoms with Crippen LogP contribution in [0.2, 0.25) is 0 Å². The zero-order valence-electron chi connectivity index (χ0n) is 12.7. The van der Waals surface area contributed by atoms with E-state index in [0.29, 0.717) is 12.3 Å². The fourth-order valence-electron chi connectivity index (χ4n) is 3.01. The number of hydrogen-bond donors (Lipinski definition) is 1. The summed E-state index contributed by atoms with van der Waals surface area (Å²) in [7, 11) is 0. The molecule has 1 aliphatic rings. The zero-order chi connectivity index (χ0) is 14.7. The molecule has 2 heterocycles. The number of hydrogen-bond acceptors (Lipinski definition) is 4. The van der Waals surface area contributed by atoms with Crippen molar-refractivity contribution in [3.05, 3.63) is 36.1 Å². The molecule has 1 N–H and O–H groups in total. The van der Waals surface area contributed by atoms with Crippen LogP contribution in [0.1, 0.15) is 25.2 Å². The maximum Gasteiger partial charge on any atom is 0.135 e. The van der Waals surface area contributed by atoms with Crippen molar-refractivity contribution in [2.24, 2.45) is 0 Å². The number of β-amino-alcohol motifs (C(OH)–C–C–N with tert-alkyl or cyclic N) is 1. The van der Waals surface area contributed by atoms with E-state index in [9.17, 15) is 5.11 Å². The van der Waals surface area contributed by atoms with E-state index in [0.717, 1.165) is 37.1 Å². The average molecular weight is 288 g/mol. The largest absolute Gasteiger partial charge is 0.458 e. The smallest absolute Gasteiger partial charge is 0.135 e. The highest BCUT2D eigenvalue weighted by Crippen LogP contribution is 2.24. The molecule has 0 saturated carbocycles. The molecule has 0 amide bonds. The maximum atomic E-state index is 10.4. The lowest BCUT2D eigenvalue weighted by Crippen LogP contribution is -2.47. The van der Waals surface area contributed by atoms with Crippen LogP contribution in [0.25, 0.3) is 11.0 Å². The number of rotatable bonds is 5. The number of fused-ring (bicyclic) bond motifs is 1. The maximum absolute atomic E-state index is 10.4. The minimum absolute atomic E-state index is 0.546. The second kappa shape index (κ2) is 6.60. The number of para-hydroxylation sites is 1. The Hall–Kier alpha value is -1.36. The number of aliphatic hydroxyl groups excluding tert-OH is 1. The molecule has 1 aromatic carbocycles. The number of benzene rings is 1. The van der Waals surface area contributed by atoms with Gasteiger partial charge >= 0.3 is 0 Å². The summed E-state index contributed by atoms with van der Waals surface area (Å²) in [6.07, 6.45) is 0.664. The first kappa shape index (κ1) is 14.6. The minimum Gasteiger partial charge on any atom is -0.458 e. The van der Waals surface area contributed by atoms with E-state index in [1.165, 1.54) is 13.0 Å². The molecule has 1 unspecified atom stereocenters. The number of piperazine rings is 1. The van der Waals surface area contributed by atoms with Gasteiger partial charge in [0.15, 0.2) is 0 Å². The van der Waals surface area contributed by atoms with Gasteiger partial charge in [0.25, 0.3) is 0 Å². The van der Waals surface area contributed by atoms with Crippen LogP contribution in [0.3, 0.4) is 0 Å². The van der Waals surface area contributed by atoms with Crippen molar-refractivity contribution in [3.8, 4) is 0 Å². The average Bonchev–Trinajstić information content (AvgIpc) is 2.94. The first-order valence-electron chi connectivity index (χ1n) is 7.87. The molecule has 1 fully saturated rings. The monoisotopic (exact) mass is 288 g/mol. The molecular formula is C17H24N2O2. The highest BCUT2D eigenvalue weighted by atomic mass is 16.4. The van der Waals surface area contributed by atoms with Crippen molar-refractivity contribution in [3.63, 3.8) is 0 Å². The molecule has 4 heteroatoms. The molecule has 1 saturated heterocycles. The number of aliphatic hydroxyl groups is 1. The van der Waals surface area contributed by atoms with Gasteiger partial charge in [-0.2, -0.15) is 0 Å². The Balaban J connectivity index is 1.58. The van der Waals surface area contributed by atoms with Crippen LogP contribution in [-0.2, 0) is 0 Å². The molecule has 0 spiro atoms. The van der Waals surface area contributed by atoms with Crippen molar-refractivity contribution in [1.29, 1.82) is 0 Å². The van der Waals surface area contributed by atoms with Crippen molar-refractivity contribution in [2.45, 2.75) is 19.4 Å². The SMILES string of the molecule is CCCN1CCN(CC(O)c2cc3ccccc3o2)CC1. The molecular weight excluding hydrogens is 264 g/mol. The third-order valence-electron chi connectivity index (χ3n) is 4.21. The molecule has 4 nitrogen and oxygen atoms in total. The summed E-state index contributed by atoms with van der Waals surface area (Å²) in [6.45, 7) is 8.30. The molecule has 0 aliphatic carbocycles. The fraction of sp³-hybridized carbons (Fsp3) is 0.529. The molecule has 2 aromatic rings. The van der Waals surface area contributed by atoms with Crippen LogP contribution in [0.15, 0.2) is 34.7 Å². The Morgan fingerprint density at radius 1 is 1.14 bits per heavy atom. The first-order valence-corrected chi connectivity index (χ1v) is 7.87. The van der Waals surface area contributed by atoms with Gasteiger partial charge in [0.1, 0.15) is 17.4 Å². The molecule has 1 atom stereocenters. The van der Waals surface area contributed by atoms with Crippen molar-refractivity contribution < 1.29 is 9.52 Å². The van der Waals surface area contributed by atoms with Crippen molar-refractivity contribution >= 4 is 11.0 Å². The summed E-state index contributed by atoms with van der Waals surface area (Å²) in [6, 6.07) is 9.84. The predicted octanol–water partition coefficient (Wildman–Crippen LogP) is 2.49. The van der Waals surface area contributed by atoms with Gasteiger partial charge in [0.05, 0.1) is 0 Å². The van der Waals surface area contributed by atoms with Crippen molar-refractivity contribution in [1.82, 2.24) is 9.80 Å². The van der Waals surface area contributed by atoms with Crippen LogP contribution in [-0.4, -0.2) is 54.2 Å². The third-order valence-corrected chi connectivity index (χ3v) is 4.21. The summed E-state index contributed by atoms with van der Waals surface area (Å²) in [4.78, 5) is 4.81. The molecule has 3 rings (SSSR count). The van der Waals surface area contributed by atoms with E-state index in [2.05, 4.69) is 16.7 Å². The van der Waals surface area contributed by atoms with Gasteiger partial charge in [0.2, 0.25) is 0 Å². The van der Waals surface area contributed by atoms with Gasteiger partial charge in [-0.15, -0.1) is 0 Å². The van der Waals surface area contributed by atoms with Gasteiger partial charge in [-0.1, -0.05) is 25.1 Å². The zero-order valence-corrected chi connectivity index (χ0v) is 12.7. The van der Waals surface area contributed by atoms with Crippen molar-refractivity contribution in [2.75, 3.05) is 39.3 Å². The Morgan fingerprint density at radius 3 is 2.57 bits per heavy atom. The highest BCUT2D eigenvalue weighted by molar-refractivity contribution is 5.77. The quantitative estimate of drug-likeness (QED) is 0.917. The van der Waals surface area contributed by atoms with Gasteiger partial charge in [0, 0.05) is 38.1 Å². The first-order chi connectivity index (χ1) is 10.3. The van der Waals surface area contributed by atoms with Gasteiger partial charge < -0.3 is 14.4 Å². The van der Waals surface area contributed by atoms with Crippen LogP contribution >= 0.6 is 0 Å². The van der Waals surface area contributed by atoms with Crippen LogP contribution in [0, 0.1) is 0 Å². The van der Waals surface area contributed by atoms with Crippen LogP contribution < -0.4 is 0 Å². The lowest BCUT2D eigenvalue weighted by molar-refractivity contribution is 0.0627. The second-order valence-electron chi connectivity index (χ2n) is 5.84. The lowest BCUT2D eigenvalue weighted by atomic mass is 10.2. The summed E-state index contributed by atoms with van der Waals surface area (Å²) in [5.74, 6) is 0.673. The Labute approximate surface area is 125 Å². The summed E-state index contributed by atoms with van der Waals surface area (Å²) in [5.41, 5.74) is 0.847. The fourth-order valence-corrected chi connectivity index (χ4v) is 3.01. The van der Waals surface area contributed by atoms with E-state index < -0.39 is 6.10 Å². The predicted molar refractivity (Wildman–Crippen MR) is 84.3 cm³/mol. The molecule has 1 aliphatic heterocycles.